The lowest BCUT2D eigenvalue weighted by Crippen LogP contribution is -2.26. The van der Waals surface area contributed by atoms with Gasteiger partial charge in [-0.05, 0) is 18.3 Å². The second-order valence-corrected chi connectivity index (χ2v) is 5.10. The molecule has 0 bridgehead atoms. The maximum Gasteiger partial charge on any atom is 0.0985 e. The molecule has 12 heavy (non-hydrogen) atoms. The van der Waals surface area contributed by atoms with Crippen LogP contribution in [0.5, 0.6) is 0 Å². The summed E-state index contributed by atoms with van der Waals surface area (Å²) in [5, 5.41) is 0. The third-order valence-corrected chi connectivity index (χ3v) is 2.80. The fraction of sp³-hybridized carbons (Fsp3) is 0.818. The quantitative estimate of drug-likeness (QED) is 0.526. The molecule has 0 aliphatic heterocycles. The molecule has 1 unspecified atom stereocenters. The molecule has 1 rings (SSSR count). The van der Waals surface area contributed by atoms with E-state index in [-0.39, 0.29) is 17.5 Å². The molecule has 0 fully saturated rings. The highest BCUT2D eigenvalue weighted by Crippen LogP contribution is 2.47. The van der Waals surface area contributed by atoms with E-state index in [4.69, 9.17) is 0 Å². The summed E-state index contributed by atoms with van der Waals surface area (Å²) < 4.78 is 12.8. The van der Waals surface area contributed by atoms with Gasteiger partial charge in [0.2, 0.25) is 0 Å². The van der Waals surface area contributed by atoms with E-state index in [1.807, 2.05) is 6.92 Å². The lowest BCUT2D eigenvalue weighted by atomic mass is 9.72. The van der Waals surface area contributed by atoms with Crippen LogP contribution in [0.25, 0.3) is 0 Å². The molecule has 0 amide bonds. The highest BCUT2D eigenvalue weighted by atomic mass is 19.1. The van der Waals surface area contributed by atoms with Crippen molar-refractivity contribution in [3.05, 3.63) is 11.6 Å². The summed E-state index contributed by atoms with van der Waals surface area (Å²) in [5.74, 6) is 0. The maximum atomic E-state index is 12.8. The summed E-state index contributed by atoms with van der Waals surface area (Å²) >= 11 is 0. The van der Waals surface area contributed by atoms with Crippen LogP contribution in [0.3, 0.4) is 0 Å². The first kappa shape index (κ1) is 9.76. The van der Waals surface area contributed by atoms with Gasteiger partial charge in [0, 0.05) is 5.41 Å². The molecule has 0 radical (unpaired) electrons. The fourth-order valence-electron chi connectivity index (χ4n) is 2.27. The molecule has 0 saturated carbocycles. The van der Waals surface area contributed by atoms with Gasteiger partial charge in [0.25, 0.3) is 0 Å². The number of alkyl halides is 1. The summed E-state index contributed by atoms with van der Waals surface area (Å²) in [6.45, 7) is 8.32. The second kappa shape index (κ2) is 2.86. The van der Waals surface area contributed by atoms with Crippen LogP contribution in [0.1, 0.15) is 40.5 Å². The van der Waals surface area contributed by atoms with Crippen LogP contribution in [-0.4, -0.2) is 6.67 Å². The van der Waals surface area contributed by atoms with Crippen molar-refractivity contribution in [2.45, 2.75) is 40.5 Å². The number of allylic oxidation sites excluding steroid dienone is 2. The topological polar surface area (TPSA) is 0 Å². The van der Waals surface area contributed by atoms with E-state index in [1.165, 1.54) is 5.57 Å². The third-order valence-electron chi connectivity index (χ3n) is 2.80. The predicted octanol–water partition coefficient (Wildman–Crippen LogP) is 3.73. The van der Waals surface area contributed by atoms with Gasteiger partial charge in [-0.25, -0.2) is 0 Å². The highest BCUT2D eigenvalue weighted by molar-refractivity contribution is 5.24. The van der Waals surface area contributed by atoms with Crippen LogP contribution in [0.15, 0.2) is 11.6 Å². The first-order valence-corrected chi connectivity index (χ1v) is 4.67. The molecule has 70 valence electrons. The number of hydrogen-bond acceptors (Lipinski definition) is 0. The fourth-order valence-corrected chi connectivity index (χ4v) is 2.27. The highest BCUT2D eigenvalue weighted by Gasteiger charge is 2.38. The van der Waals surface area contributed by atoms with Crippen molar-refractivity contribution in [1.29, 1.82) is 0 Å². The minimum absolute atomic E-state index is 0.136. The van der Waals surface area contributed by atoms with Crippen molar-refractivity contribution in [2.75, 3.05) is 6.67 Å². The van der Waals surface area contributed by atoms with Gasteiger partial charge in [-0.3, -0.25) is 4.39 Å². The zero-order valence-electron chi connectivity index (χ0n) is 8.58. The van der Waals surface area contributed by atoms with Crippen LogP contribution in [0, 0.1) is 10.8 Å². The Labute approximate surface area is 74.9 Å². The van der Waals surface area contributed by atoms with Crippen molar-refractivity contribution in [1.82, 2.24) is 0 Å². The Morgan fingerprint density at radius 2 is 2.08 bits per heavy atom. The minimum atomic E-state index is -0.212. The van der Waals surface area contributed by atoms with Crippen molar-refractivity contribution in [3.63, 3.8) is 0 Å². The van der Waals surface area contributed by atoms with Gasteiger partial charge in [0.05, 0.1) is 6.67 Å². The third kappa shape index (κ3) is 1.55. The van der Waals surface area contributed by atoms with Gasteiger partial charge in [-0.15, -0.1) is 0 Å². The normalized spacial score (nSPS) is 30.6. The average Bonchev–Trinajstić information content (AvgIpc) is 2.31. The van der Waals surface area contributed by atoms with E-state index in [0.29, 0.717) is 0 Å². The number of hydrogen-bond donors (Lipinski definition) is 0. The Hall–Kier alpha value is -0.330. The molecule has 0 aromatic carbocycles. The molecule has 0 heterocycles. The number of rotatable bonds is 1. The lowest BCUT2D eigenvalue weighted by Gasteiger charge is -2.33. The van der Waals surface area contributed by atoms with E-state index in [1.54, 1.807) is 0 Å². The molecular weight excluding hydrogens is 151 g/mol. The van der Waals surface area contributed by atoms with Crippen LogP contribution in [0.2, 0.25) is 0 Å². The summed E-state index contributed by atoms with van der Waals surface area (Å²) in [6, 6.07) is 0. The summed E-state index contributed by atoms with van der Waals surface area (Å²) in [7, 11) is 0. The molecule has 1 heteroatoms. The van der Waals surface area contributed by atoms with Crippen molar-refractivity contribution >= 4 is 0 Å². The first-order chi connectivity index (χ1) is 5.40. The molecule has 0 saturated heterocycles. The Morgan fingerprint density at radius 3 is 2.42 bits per heavy atom. The average molecular weight is 170 g/mol. The van der Waals surface area contributed by atoms with E-state index < -0.39 is 0 Å². The van der Waals surface area contributed by atoms with E-state index >= 15 is 0 Å². The summed E-state index contributed by atoms with van der Waals surface area (Å²) in [4.78, 5) is 0. The predicted molar refractivity (Wildman–Crippen MR) is 50.9 cm³/mol. The Morgan fingerprint density at radius 1 is 1.50 bits per heavy atom. The SMILES string of the molecule is CC(C)(C)C1=CCCC1(C)CF. The smallest absolute Gasteiger partial charge is 0.0985 e. The molecule has 0 spiro atoms. The molecule has 1 atom stereocenters. The van der Waals surface area contributed by atoms with Crippen LogP contribution < -0.4 is 0 Å². The van der Waals surface area contributed by atoms with Gasteiger partial charge < -0.3 is 0 Å². The molecule has 1 aliphatic carbocycles. The van der Waals surface area contributed by atoms with Gasteiger partial charge in [0.1, 0.15) is 0 Å². The van der Waals surface area contributed by atoms with Crippen LogP contribution >= 0.6 is 0 Å². The van der Waals surface area contributed by atoms with Gasteiger partial charge >= 0.3 is 0 Å². The first-order valence-electron chi connectivity index (χ1n) is 4.67. The van der Waals surface area contributed by atoms with Crippen LogP contribution in [-0.2, 0) is 0 Å². The van der Waals surface area contributed by atoms with Gasteiger partial charge in [-0.1, -0.05) is 39.3 Å². The summed E-state index contributed by atoms with van der Waals surface area (Å²) in [6.07, 6.45) is 4.25. The van der Waals surface area contributed by atoms with Crippen molar-refractivity contribution < 1.29 is 4.39 Å². The maximum absolute atomic E-state index is 12.8. The molecule has 1 aliphatic rings. The molecule has 0 N–H and O–H groups in total. The minimum Gasteiger partial charge on any atom is -0.250 e. The Balaban J connectivity index is 2.90. The Kier molecular flexibility index (Phi) is 2.33. The van der Waals surface area contributed by atoms with E-state index in [9.17, 15) is 4.39 Å². The van der Waals surface area contributed by atoms with E-state index in [0.717, 1.165) is 12.8 Å². The monoisotopic (exact) mass is 170 g/mol. The second-order valence-electron chi connectivity index (χ2n) is 5.10. The Bertz CT molecular complexity index is 198. The van der Waals surface area contributed by atoms with Crippen molar-refractivity contribution in [2.24, 2.45) is 10.8 Å². The summed E-state index contributed by atoms with van der Waals surface area (Å²) in [5.41, 5.74) is 1.27. The van der Waals surface area contributed by atoms with Crippen molar-refractivity contribution in [3.8, 4) is 0 Å². The lowest BCUT2D eigenvalue weighted by molar-refractivity contribution is 0.239. The molecule has 0 nitrogen and oxygen atoms in total. The number of halogens is 1. The molecule has 0 aromatic heterocycles. The molecule has 0 aromatic rings. The van der Waals surface area contributed by atoms with Gasteiger partial charge in [0.15, 0.2) is 0 Å². The standard InChI is InChI=1S/C11H19F/c1-10(2,3)9-6-5-7-11(9,4)8-12/h6H,5,7-8H2,1-4H3. The zero-order valence-corrected chi connectivity index (χ0v) is 8.58. The zero-order chi connectivity index (χ0) is 9.41. The van der Waals surface area contributed by atoms with E-state index in [2.05, 4.69) is 26.8 Å². The molecular formula is C11H19F. The van der Waals surface area contributed by atoms with Crippen LogP contribution in [0.4, 0.5) is 4.39 Å². The largest absolute Gasteiger partial charge is 0.250 e. The van der Waals surface area contributed by atoms with Gasteiger partial charge in [-0.2, -0.15) is 0 Å².